The van der Waals surface area contributed by atoms with Crippen molar-refractivity contribution in [3.63, 3.8) is 0 Å². The van der Waals surface area contributed by atoms with Crippen LogP contribution in [0, 0.1) is 0 Å². The Bertz CT molecular complexity index is 949. The van der Waals surface area contributed by atoms with Crippen molar-refractivity contribution < 1.29 is 4.79 Å². The van der Waals surface area contributed by atoms with Gasteiger partial charge < -0.3 is 5.32 Å². The monoisotopic (exact) mass is 383 g/mol. The maximum atomic E-state index is 12.3. The number of rotatable bonds is 3. The van der Waals surface area contributed by atoms with Crippen molar-refractivity contribution in [3.8, 4) is 11.3 Å². The van der Waals surface area contributed by atoms with Crippen LogP contribution in [0.5, 0.6) is 0 Å². The smallest absolute Gasteiger partial charge is 0.266 e. The lowest BCUT2D eigenvalue weighted by atomic mass is 10.1. The van der Waals surface area contributed by atoms with Gasteiger partial charge in [0.15, 0.2) is 0 Å². The SMILES string of the molecule is Cn1nc(-c2ccc(NC(=O)c3ccccc3Br)cc2)ccc1=O. The molecule has 1 aromatic heterocycles. The Hall–Kier alpha value is -2.73. The standard InChI is InChI=1S/C18H14BrN3O2/c1-22-17(23)11-10-16(21-22)12-6-8-13(9-7-12)20-18(24)14-4-2-3-5-15(14)19/h2-11H,1H3,(H,20,24). The van der Waals surface area contributed by atoms with Gasteiger partial charge in [0.25, 0.3) is 11.5 Å². The summed E-state index contributed by atoms with van der Waals surface area (Å²) < 4.78 is 2.03. The molecule has 5 nitrogen and oxygen atoms in total. The van der Waals surface area contributed by atoms with Gasteiger partial charge in [-0.3, -0.25) is 9.59 Å². The third kappa shape index (κ3) is 3.44. The summed E-state index contributed by atoms with van der Waals surface area (Å²) in [6, 6.07) is 17.7. The van der Waals surface area contributed by atoms with Gasteiger partial charge in [-0.15, -0.1) is 0 Å². The Morgan fingerprint density at radius 3 is 2.42 bits per heavy atom. The third-order valence-corrected chi connectivity index (χ3v) is 4.21. The summed E-state index contributed by atoms with van der Waals surface area (Å²) >= 11 is 3.37. The van der Waals surface area contributed by atoms with E-state index in [4.69, 9.17) is 0 Å². The number of benzene rings is 2. The average Bonchev–Trinajstić information content (AvgIpc) is 2.58. The van der Waals surface area contributed by atoms with Gasteiger partial charge in [-0.25, -0.2) is 4.68 Å². The number of amides is 1. The highest BCUT2D eigenvalue weighted by Crippen LogP contribution is 2.21. The van der Waals surface area contributed by atoms with Crippen LogP contribution in [0.25, 0.3) is 11.3 Å². The molecule has 0 saturated carbocycles. The van der Waals surface area contributed by atoms with Crippen molar-refractivity contribution >= 4 is 27.5 Å². The molecule has 6 heteroatoms. The number of carbonyl (C=O) groups is 1. The van der Waals surface area contributed by atoms with Crippen LogP contribution in [-0.2, 0) is 7.05 Å². The quantitative estimate of drug-likeness (QED) is 0.752. The minimum Gasteiger partial charge on any atom is -0.322 e. The molecule has 1 amide bonds. The van der Waals surface area contributed by atoms with E-state index in [-0.39, 0.29) is 11.5 Å². The lowest BCUT2D eigenvalue weighted by molar-refractivity contribution is 0.102. The Balaban J connectivity index is 1.80. The maximum Gasteiger partial charge on any atom is 0.266 e. The summed E-state index contributed by atoms with van der Waals surface area (Å²) in [7, 11) is 1.61. The zero-order valence-corrected chi connectivity index (χ0v) is 14.4. The predicted molar refractivity (Wildman–Crippen MR) is 97.0 cm³/mol. The second-order valence-corrected chi connectivity index (χ2v) is 6.05. The van der Waals surface area contributed by atoms with Crippen molar-refractivity contribution in [2.75, 3.05) is 5.32 Å². The number of carbonyl (C=O) groups excluding carboxylic acids is 1. The molecule has 1 heterocycles. The van der Waals surface area contributed by atoms with Crippen molar-refractivity contribution in [3.05, 3.63) is 81.1 Å². The molecular weight excluding hydrogens is 370 g/mol. The number of nitrogens with one attached hydrogen (secondary N) is 1. The molecule has 0 atom stereocenters. The van der Waals surface area contributed by atoms with Crippen LogP contribution >= 0.6 is 15.9 Å². The molecule has 0 fully saturated rings. The van der Waals surface area contributed by atoms with Crippen LogP contribution in [0.1, 0.15) is 10.4 Å². The zero-order chi connectivity index (χ0) is 17.1. The molecule has 3 aromatic rings. The van der Waals surface area contributed by atoms with Crippen LogP contribution in [0.15, 0.2) is 69.9 Å². The fourth-order valence-electron chi connectivity index (χ4n) is 2.22. The van der Waals surface area contributed by atoms with E-state index in [0.717, 1.165) is 10.0 Å². The average molecular weight is 384 g/mol. The first kappa shape index (κ1) is 16.1. The maximum absolute atomic E-state index is 12.3. The second kappa shape index (κ2) is 6.80. The van der Waals surface area contributed by atoms with Crippen LogP contribution < -0.4 is 10.9 Å². The molecule has 120 valence electrons. The molecule has 0 radical (unpaired) electrons. The summed E-state index contributed by atoms with van der Waals surface area (Å²) in [4.78, 5) is 23.7. The zero-order valence-electron chi connectivity index (χ0n) is 12.9. The number of aryl methyl sites for hydroxylation is 1. The van der Waals surface area contributed by atoms with Gasteiger partial charge >= 0.3 is 0 Å². The number of halogens is 1. The first-order valence-electron chi connectivity index (χ1n) is 7.25. The lowest BCUT2D eigenvalue weighted by Gasteiger charge is -2.08. The molecule has 0 bridgehead atoms. The van der Waals surface area contributed by atoms with E-state index in [0.29, 0.717) is 16.9 Å². The summed E-state index contributed by atoms with van der Waals surface area (Å²) in [6.07, 6.45) is 0. The Morgan fingerprint density at radius 2 is 1.75 bits per heavy atom. The van der Waals surface area contributed by atoms with E-state index in [1.807, 2.05) is 30.3 Å². The number of hydrogen-bond donors (Lipinski definition) is 1. The highest BCUT2D eigenvalue weighted by Gasteiger charge is 2.09. The molecule has 0 aliphatic heterocycles. The Labute approximate surface area is 147 Å². The van der Waals surface area contributed by atoms with Gasteiger partial charge in [0.1, 0.15) is 0 Å². The fraction of sp³-hybridized carbons (Fsp3) is 0.0556. The minimum absolute atomic E-state index is 0.156. The Morgan fingerprint density at radius 1 is 1.04 bits per heavy atom. The highest BCUT2D eigenvalue weighted by molar-refractivity contribution is 9.10. The number of hydrogen-bond acceptors (Lipinski definition) is 3. The van der Waals surface area contributed by atoms with E-state index in [2.05, 4.69) is 26.3 Å². The molecule has 24 heavy (non-hydrogen) atoms. The summed E-state index contributed by atoms with van der Waals surface area (Å²) in [5, 5.41) is 7.06. The number of nitrogens with zero attached hydrogens (tertiary/aromatic N) is 2. The Kier molecular flexibility index (Phi) is 4.57. The topological polar surface area (TPSA) is 64.0 Å². The molecule has 0 aliphatic rings. The molecule has 0 spiro atoms. The third-order valence-electron chi connectivity index (χ3n) is 3.52. The van der Waals surface area contributed by atoms with Gasteiger partial charge in [0.2, 0.25) is 0 Å². The molecule has 0 aliphatic carbocycles. The lowest BCUT2D eigenvalue weighted by Crippen LogP contribution is -2.18. The van der Waals surface area contributed by atoms with Crippen LogP contribution in [0.2, 0.25) is 0 Å². The predicted octanol–water partition coefficient (Wildman–Crippen LogP) is 3.46. The van der Waals surface area contributed by atoms with Gasteiger partial charge in [-0.05, 0) is 46.3 Å². The largest absolute Gasteiger partial charge is 0.322 e. The van der Waals surface area contributed by atoms with Crippen LogP contribution in [0.4, 0.5) is 5.69 Å². The van der Waals surface area contributed by atoms with E-state index in [9.17, 15) is 9.59 Å². The summed E-state index contributed by atoms with van der Waals surface area (Å²) in [5.74, 6) is -0.185. The number of aromatic nitrogens is 2. The van der Waals surface area contributed by atoms with Crippen molar-refractivity contribution in [1.29, 1.82) is 0 Å². The molecule has 2 aromatic carbocycles. The van der Waals surface area contributed by atoms with Crippen molar-refractivity contribution in [1.82, 2.24) is 9.78 Å². The van der Waals surface area contributed by atoms with Gasteiger partial charge in [0.05, 0.1) is 11.3 Å². The minimum atomic E-state index is -0.185. The molecule has 1 N–H and O–H groups in total. The van der Waals surface area contributed by atoms with E-state index in [1.165, 1.54) is 10.7 Å². The molecule has 0 unspecified atom stereocenters. The fourth-order valence-corrected chi connectivity index (χ4v) is 2.69. The first-order chi connectivity index (χ1) is 11.5. The van der Waals surface area contributed by atoms with E-state index < -0.39 is 0 Å². The van der Waals surface area contributed by atoms with Crippen LogP contribution in [-0.4, -0.2) is 15.7 Å². The van der Waals surface area contributed by atoms with E-state index in [1.54, 1.807) is 31.3 Å². The molecular formula is C18H14BrN3O2. The second-order valence-electron chi connectivity index (χ2n) is 5.19. The van der Waals surface area contributed by atoms with E-state index >= 15 is 0 Å². The van der Waals surface area contributed by atoms with Gasteiger partial charge in [0, 0.05) is 28.8 Å². The van der Waals surface area contributed by atoms with Gasteiger partial charge in [-0.1, -0.05) is 24.3 Å². The molecule has 0 saturated heterocycles. The summed E-state index contributed by atoms with van der Waals surface area (Å²) in [5.41, 5.74) is 2.66. The normalized spacial score (nSPS) is 10.4. The van der Waals surface area contributed by atoms with Crippen LogP contribution in [0.3, 0.4) is 0 Å². The molecule has 3 rings (SSSR count). The highest BCUT2D eigenvalue weighted by atomic mass is 79.9. The summed E-state index contributed by atoms with van der Waals surface area (Å²) in [6.45, 7) is 0. The van der Waals surface area contributed by atoms with Gasteiger partial charge in [-0.2, -0.15) is 5.10 Å². The number of anilines is 1. The van der Waals surface area contributed by atoms with Crippen molar-refractivity contribution in [2.24, 2.45) is 7.05 Å². The van der Waals surface area contributed by atoms with Crippen molar-refractivity contribution in [2.45, 2.75) is 0 Å². The first-order valence-corrected chi connectivity index (χ1v) is 8.04.